The van der Waals surface area contributed by atoms with Crippen molar-refractivity contribution >= 4 is 22.5 Å². The quantitative estimate of drug-likeness (QED) is 0.782. The fraction of sp³-hybridized carbons (Fsp3) is 0.118. The molecule has 1 heterocycles. The van der Waals surface area contributed by atoms with E-state index in [1.54, 1.807) is 6.07 Å². The van der Waals surface area contributed by atoms with Gasteiger partial charge < -0.3 is 5.11 Å². The summed E-state index contributed by atoms with van der Waals surface area (Å²) in [6.07, 6.45) is -0.695. The van der Waals surface area contributed by atoms with Gasteiger partial charge >= 0.3 is 0 Å². The Kier molecular flexibility index (Phi) is 3.86. The fourth-order valence-corrected chi connectivity index (χ4v) is 2.46. The predicted molar refractivity (Wildman–Crippen MR) is 81.8 cm³/mol. The SMILES string of the molecule is OC(Cc1ccc2ccccc2n1)c1ccc(Cl)cc1F. The van der Waals surface area contributed by atoms with E-state index in [2.05, 4.69) is 4.98 Å². The van der Waals surface area contributed by atoms with Gasteiger partial charge in [-0.25, -0.2) is 4.39 Å². The first-order valence-corrected chi connectivity index (χ1v) is 6.99. The molecule has 4 heteroatoms. The molecule has 1 aromatic heterocycles. The number of aromatic nitrogens is 1. The molecule has 0 aliphatic carbocycles. The Morgan fingerprint density at radius 3 is 2.71 bits per heavy atom. The first kappa shape index (κ1) is 14.0. The zero-order valence-electron chi connectivity index (χ0n) is 11.1. The highest BCUT2D eigenvalue weighted by atomic mass is 35.5. The monoisotopic (exact) mass is 301 g/mol. The Bertz CT molecular complexity index is 791. The number of para-hydroxylation sites is 1. The first-order chi connectivity index (χ1) is 10.1. The molecule has 1 unspecified atom stereocenters. The second-order valence-electron chi connectivity index (χ2n) is 4.88. The van der Waals surface area contributed by atoms with E-state index in [0.717, 1.165) is 16.6 Å². The number of fused-ring (bicyclic) bond motifs is 1. The van der Waals surface area contributed by atoms with Gasteiger partial charge in [-0.15, -0.1) is 0 Å². The van der Waals surface area contributed by atoms with Gasteiger partial charge in [0.2, 0.25) is 0 Å². The van der Waals surface area contributed by atoms with Crippen LogP contribution in [0.25, 0.3) is 10.9 Å². The number of rotatable bonds is 3. The summed E-state index contributed by atoms with van der Waals surface area (Å²) in [7, 11) is 0. The summed E-state index contributed by atoms with van der Waals surface area (Å²) in [5, 5.41) is 11.5. The Balaban J connectivity index is 1.87. The lowest BCUT2D eigenvalue weighted by Gasteiger charge is -2.12. The van der Waals surface area contributed by atoms with Crippen molar-refractivity contribution in [3.63, 3.8) is 0 Å². The summed E-state index contributed by atoms with van der Waals surface area (Å²) in [6.45, 7) is 0. The molecule has 0 aliphatic heterocycles. The van der Waals surface area contributed by atoms with Gasteiger partial charge in [-0.2, -0.15) is 0 Å². The molecule has 0 fully saturated rings. The highest BCUT2D eigenvalue weighted by Crippen LogP contribution is 2.24. The van der Waals surface area contributed by atoms with Gasteiger partial charge in [0.15, 0.2) is 0 Å². The van der Waals surface area contributed by atoms with Gasteiger partial charge in [0, 0.05) is 28.1 Å². The lowest BCUT2D eigenvalue weighted by atomic mass is 10.0. The molecule has 1 N–H and O–H groups in total. The van der Waals surface area contributed by atoms with Crippen LogP contribution in [0.15, 0.2) is 54.6 Å². The maximum Gasteiger partial charge on any atom is 0.130 e. The molecule has 2 nitrogen and oxygen atoms in total. The third kappa shape index (κ3) is 3.04. The predicted octanol–water partition coefficient (Wildman–Crippen LogP) is 4.30. The number of hydrogen-bond acceptors (Lipinski definition) is 2. The molecule has 0 bridgehead atoms. The number of hydrogen-bond donors (Lipinski definition) is 1. The summed E-state index contributed by atoms with van der Waals surface area (Å²) in [5.74, 6) is -0.504. The smallest absolute Gasteiger partial charge is 0.130 e. The van der Waals surface area contributed by atoms with Crippen LogP contribution in [0.3, 0.4) is 0 Å². The van der Waals surface area contributed by atoms with Crippen LogP contribution in [0, 0.1) is 5.82 Å². The largest absolute Gasteiger partial charge is 0.388 e. The highest BCUT2D eigenvalue weighted by molar-refractivity contribution is 6.30. The van der Waals surface area contributed by atoms with Crippen LogP contribution in [0.5, 0.6) is 0 Å². The van der Waals surface area contributed by atoms with Gasteiger partial charge in [-0.05, 0) is 24.3 Å². The van der Waals surface area contributed by atoms with Gasteiger partial charge in [-0.1, -0.05) is 41.9 Å². The Hall–Kier alpha value is -1.97. The van der Waals surface area contributed by atoms with Crippen molar-refractivity contribution in [2.45, 2.75) is 12.5 Å². The Morgan fingerprint density at radius 2 is 1.90 bits per heavy atom. The standard InChI is InChI=1S/C17H13ClFNO/c18-12-6-8-14(15(19)9-12)17(21)10-13-7-5-11-3-1-2-4-16(11)20-13/h1-9,17,21H,10H2. The molecule has 2 aromatic carbocycles. The van der Waals surface area contributed by atoms with Gasteiger partial charge in [0.25, 0.3) is 0 Å². The van der Waals surface area contributed by atoms with E-state index in [1.807, 2.05) is 36.4 Å². The van der Waals surface area contributed by atoms with Gasteiger partial charge in [0.1, 0.15) is 5.82 Å². The Labute approximate surface area is 126 Å². The number of benzene rings is 2. The zero-order valence-corrected chi connectivity index (χ0v) is 11.9. The van der Waals surface area contributed by atoms with E-state index < -0.39 is 11.9 Å². The van der Waals surface area contributed by atoms with E-state index in [4.69, 9.17) is 11.6 Å². The van der Waals surface area contributed by atoms with Crippen LogP contribution >= 0.6 is 11.6 Å². The van der Waals surface area contributed by atoms with E-state index >= 15 is 0 Å². The van der Waals surface area contributed by atoms with Gasteiger partial charge in [0.05, 0.1) is 11.6 Å². The van der Waals surface area contributed by atoms with Crippen molar-refractivity contribution in [1.82, 2.24) is 4.98 Å². The number of nitrogens with zero attached hydrogens (tertiary/aromatic N) is 1. The molecule has 3 aromatic rings. The van der Waals surface area contributed by atoms with Crippen molar-refractivity contribution < 1.29 is 9.50 Å². The molecular formula is C17H13ClFNO. The van der Waals surface area contributed by atoms with Crippen LogP contribution in [0.2, 0.25) is 5.02 Å². The lowest BCUT2D eigenvalue weighted by Crippen LogP contribution is -2.05. The van der Waals surface area contributed by atoms with Crippen molar-refractivity contribution in [2.24, 2.45) is 0 Å². The third-order valence-corrected chi connectivity index (χ3v) is 3.62. The summed E-state index contributed by atoms with van der Waals surface area (Å²) < 4.78 is 13.8. The lowest BCUT2D eigenvalue weighted by molar-refractivity contribution is 0.172. The minimum Gasteiger partial charge on any atom is -0.388 e. The topological polar surface area (TPSA) is 33.1 Å². The minimum atomic E-state index is -0.948. The highest BCUT2D eigenvalue weighted by Gasteiger charge is 2.14. The molecular weight excluding hydrogens is 289 g/mol. The third-order valence-electron chi connectivity index (χ3n) is 3.38. The first-order valence-electron chi connectivity index (χ1n) is 6.61. The fourth-order valence-electron chi connectivity index (χ4n) is 2.30. The average molecular weight is 302 g/mol. The molecule has 106 valence electrons. The maximum absolute atomic E-state index is 13.8. The summed E-state index contributed by atoms with van der Waals surface area (Å²) in [4.78, 5) is 4.48. The normalized spacial score (nSPS) is 12.5. The number of aliphatic hydroxyl groups is 1. The molecule has 21 heavy (non-hydrogen) atoms. The molecule has 0 saturated carbocycles. The second kappa shape index (κ2) is 5.80. The number of pyridine rings is 1. The van der Waals surface area contributed by atoms with E-state index in [9.17, 15) is 9.50 Å². The van der Waals surface area contributed by atoms with Crippen LogP contribution in [-0.4, -0.2) is 10.1 Å². The Morgan fingerprint density at radius 1 is 1.10 bits per heavy atom. The summed E-state index contributed by atoms with van der Waals surface area (Å²) >= 11 is 5.71. The summed E-state index contributed by atoms with van der Waals surface area (Å²) in [6, 6.07) is 15.8. The zero-order chi connectivity index (χ0) is 14.8. The van der Waals surface area contributed by atoms with Crippen LogP contribution in [0.4, 0.5) is 4.39 Å². The van der Waals surface area contributed by atoms with Crippen LogP contribution in [-0.2, 0) is 6.42 Å². The molecule has 1 atom stereocenters. The average Bonchev–Trinajstić information content (AvgIpc) is 2.47. The van der Waals surface area contributed by atoms with Crippen molar-refractivity contribution in [1.29, 1.82) is 0 Å². The van der Waals surface area contributed by atoms with Crippen molar-refractivity contribution in [3.05, 3.63) is 76.7 Å². The molecule has 0 saturated heterocycles. The maximum atomic E-state index is 13.8. The molecule has 0 amide bonds. The molecule has 3 rings (SSSR count). The van der Waals surface area contributed by atoms with E-state index in [-0.39, 0.29) is 12.0 Å². The molecule has 0 spiro atoms. The summed E-state index contributed by atoms with van der Waals surface area (Å²) in [5.41, 5.74) is 1.81. The van der Waals surface area contributed by atoms with Crippen molar-refractivity contribution in [3.8, 4) is 0 Å². The van der Waals surface area contributed by atoms with E-state index in [1.165, 1.54) is 12.1 Å². The minimum absolute atomic E-state index is 0.231. The van der Waals surface area contributed by atoms with Gasteiger partial charge in [-0.3, -0.25) is 4.98 Å². The number of aliphatic hydroxyl groups excluding tert-OH is 1. The van der Waals surface area contributed by atoms with Crippen LogP contribution < -0.4 is 0 Å². The van der Waals surface area contributed by atoms with E-state index in [0.29, 0.717) is 5.02 Å². The molecule has 0 aliphatic rings. The van der Waals surface area contributed by atoms with Crippen LogP contribution in [0.1, 0.15) is 17.4 Å². The molecule has 0 radical (unpaired) electrons. The second-order valence-corrected chi connectivity index (χ2v) is 5.32. The number of halogens is 2. The van der Waals surface area contributed by atoms with Crippen molar-refractivity contribution in [2.75, 3.05) is 0 Å².